The van der Waals surface area contributed by atoms with E-state index in [1.54, 1.807) is 0 Å². The summed E-state index contributed by atoms with van der Waals surface area (Å²) in [7, 11) is -10.3. The second-order valence-corrected chi connectivity index (χ2v) is 2.45. The zero-order valence-electron chi connectivity index (χ0n) is 11.5. The van der Waals surface area contributed by atoms with Crippen molar-refractivity contribution in [3.05, 3.63) is 0 Å². The van der Waals surface area contributed by atoms with E-state index in [0.29, 0.717) is 0 Å². The summed E-state index contributed by atoms with van der Waals surface area (Å²) >= 11 is 0. The third-order valence-corrected chi connectivity index (χ3v) is 0. The minimum atomic E-state index is -5.17. The number of hydrogen-bond acceptors (Lipinski definition) is 8. The Morgan fingerprint density at radius 3 is 0.375 bits per heavy atom. The molecule has 0 aliphatic carbocycles. The van der Waals surface area contributed by atoms with Gasteiger partial charge in [0.25, 0.3) is 0 Å². The first-order chi connectivity index (χ1) is 4.00. The Bertz CT molecular complexity index is 218. The summed E-state index contributed by atoms with van der Waals surface area (Å²) in [6, 6.07) is 0. The SMILES string of the molecule is O.O.O.O.O.O.O.O.O.O.O.O.O=S(=O)([O-])[O-].O=S(=O)([O-])[O-].[Cr].[K+]. The monoisotopic (exact) mass is 499 g/mol. The van der Waals surface area contributed by atoms with Crippen LogP contribution in [0.4, 0.5) is 0 Å². The molecule has 0 aromatic carbocycles. The Morgan fingerprint density at radius 1 is 0.375 bits per heavy atom. The van der Waals surface area contributed by atoms with Gasteiger partial charge in [0, 0.05) is 38.2 Å². The zero-order valence-corrected chi connectivity index (χ0v) is 17.5. The minimum Gasteiger partial charge on any atom is -0.759 e. The van der Waals surface area contributed by atoms with Crippen LogP contribution in [0.3, 0.4) is 0 Å². The van der Waals surface area contributed by atoms with Crippen LogP contribution >= 0.6 is 0 Å². The summed E-state index contributed by atoms with van der Waals surface area (Å²) < 4.78 is 68.2. The van der Waals surface area contributed by atoms with Crippen LogP contribution in [0.25, 0.3) is 0 Å². The first-order valence-corrected chi connectivity index (χ1v) is 4.00. The maximum Gasteiger partial charge on any atom is 1.00 e. The second-order valence-electron chi connectivity index (χ2n) is 0.816. The molecular formula is H24CrKO20S2-3. The molecule has 20 nitrogen and oxygen atoms in total. The topological polar surface area (TPSA) is 539 Å². The summed E-state index contributed by atoms with van der Waals surface area (Å²) in [5.74, 6) is 0. The molecule has 0 unspecified atom stereocenters. The van der Waals surface area contributed by atoms with Crippen molar-refractivity contribution in [1.82, 2.24) is 0 Å². The predicted octanol–water partition coefficient (Wildman–Crippen LogP) is -15.6. The van der Waals surface area contributed by atoms with Crippen LogP contribution in [0.5, 0.6) is 0 Å². The molecule has 0 heterocycles. The van der Waals surface area contributed by atoms with Gasteiger partial charge in [-0.05, 0) is 0 Å². The molecule has 0 radical (unpaired) electrons. The average Bonchev–Trinajstić information content (AvgIpc) is 1.12. The van der Waals surface area contributed by atoms with E-state index < -0.39 is 20.8 Å². The molecule has 24 heteroatoms. The molecular weight excluding hydrogens is 475 g/mol. The molecule has 24 N–H and O–H groups in total. The van der Waals surface area contributed by atoms with Crippen molar-refractivity contribution in [1.29, 1.82) is 0 Å². The maximum absolute atomic E-state index is 8.52. The van der Waals surface area contributed by atoms with Crippen LogP contribution in [-0.2, 0) is 38.2 Å². The van der Waals surface area contributed by atoms with Gasteiger partial charge in [0.2, 0.25) is 0 Å². The van der Waals surface area contributed by atoms with E-state index in [1.165, 1.54) is 0 Å². The summed E-state index contributed by atoms with van der Waals surface area (Å²) in [6.45, 7) is 0. The van der Waals surface area contributed by atoms with E-state index in [4.69, 9.17) is 35.0 Å². The number of hydrogen-bond donors (Lipinski definition) is 0. The van der Waals surface area contributed by atoms with E-state index in [0.717, 1.165) is 0 Å². The molecule has 0 rings (SSSR count). The van der Waals surface area contributed by atoms with Crippen molar-refractivity contribution in [2.45, 2.75) is 0 Å². The van der Waals surface area contributed by atoms with Gasteiger partial charge in [0.05, 0.1) is 0 Å². The van der Waals surface area contributed by atoms with Gasteiger partial charge in [-0.3, -0.25) is 16.8 Å². The minimum absolute atomic E-state index is 0. The van der Waals surface area contributed by atoms with Crippen molar-refractivity contribution in [2.24, 2.45) is 0 Å². The van der Waals surface area contributed by atoms with Gasteiger partial charge in [-0.2, -0.15) is 0 Å². The molecule has 0 bridgehead atoms. The van der Waals surface area contributed by atoms with E-state index in [-0.39, 0.29) is 134 Å². The molecule has 0 fully saturated rings. The fraction of sp³-hybridized carbons (Fsp3) is 0. The average molecular weight is 499 g/mol. The van der Waals surface area contributed by atoms with Gasteiger partial charge in [0.15, 0.2) is 0 Å². The van der Waals surface area contributed by atoms with Crippen molar-refractivity contribution in [3.8, 4) is 0 Å². The van der Waals surface area contributed by atoms with Crippen molar-refractivity contribution < 1.29 is 170 Å². The van der Waals surface area contributed by atoms with E-state index in [9.17, 15) is 0 Å². The Balaban J connectivity index is -0.00000000241. The molecule has 0 amide bonds. The smallest absolute Gasteiger partial charge is 0.759 e. The van der Waals surface area contributed by atoms with Crippen molar-refractivity contribution >= 4 is 20.8 Å². The largest absolute Gasteiger partial charge is 1.00 e. The van der Waals surface area contributed by atoms with Crippen LogP contribution in [0, 0.1) is 0 Å². The Morgan fingerprint density at radius 2 is 0.375 bits per heavy atom. The van der Waals surface area contributed by atoms with Gasteiger partial charge < -0.3 is 83.9 Å². The summed E-state index contributed by atoms with van der Waals surface area (Å²) in [5.41, 5.74) is 0. The normalized spacial score (nSPS) is 4.83. The molecule has 0 aliphatic heterocycles. The van der Waals surface area contributed by atoms with Crippen LogP contribution in [0.1, 0.15) is 0 Å². The first-order valence-electron chi connectivity index (χ1n) is 1.33. The molecule has 24 heavy (non-hydrogen) atoms. The van der Waals surface area contributed by atoms with Gasteiger partial charge in [0.1, 0.15) is 0 Å². The third-order valence-electron chi connectivity index (χ3n) is 0. The molecule has 166 valence electrons. The molecule has 0 saturated carbocycles. The Hall–Kier alpha value is 1.43. The van der Waals surface area contributed by atoms with Crippen LogP contribution < -0.4 is 51.4 Å². The quantitative estimate of drug-likeness (QED) is 0.174. The standard InChI is InChI=1S/Cr.K.2H2O4S.12H2O/c;;2*1-5(2,3)4;;;;;;;;;;;;/h;;2*(H2,1,2,3,4);12*1H2/q;+1;;;;;;;;;;;;;;/p-4. The van der Waals surface area contributed by atoms with Crippen molar-refractivity contribution in [2.75, 3.05) is 0 Å². The fourth-order valence-electron chi connectivity index (χ4n) is 0. The Labute approximate surface area is 188 Å². The molecule has 0 atom stereocenters. The number of rotatable bonds is 0. The van der Waals surface area contributed by atoms with Crippen LogP contribution in [0.2, 0.25) is 0 Å². The van der Waals surface area contributed by atoms with Gasteiger partial charge >= 0.3 is 51.4 Å². The molecule has 0 aromatic heterocycles. The third kappa shape index (κ3) is 5770. The zero-order chi connectivity index (χ0) is 9.00. The summed E-state index contributed by atoms with van der Waals surface area (Å²) in [4.78, 5) is 0. The Kier molecular flexibility index (Phi) is 529. The predicted molar refractivity (Wildman–Crippen MR) is 64.3 cm³/mol. The molecule has 0 spiro atoms. The van der Waals surface area contributed by atoms with Crippen molar-refractivity contribution in [3.63, 3.8) is 0 Å². The van der Waals surface area contributed by atoms with E-state index >= 15 is 0 Å². The van der Waals surface area contributed by atoms with Crippen LogP contribution in [-0.4, -0.2) is 101 Å². The molecule has 0 saturated heterocycles. The fourth-order valence-corrected chi connectivity index (χ4v) is 0. The molecule has 0 aromatic rings. The van der Waals surface area contributed by atoms with E-state index in [2.05, 4.69) is 0 Å². The maximum atomic E-state index is 8.52. The first kappa shape index (κ1) is 171. The van der Waals surface area contributed by atoms with Gasteiger partial charge in [-0.15, -0.1) is 0 Å². The summed E-state index contributed by atoms with van der Waals surface area (Å²) in [5, 5.41) is 0. The second kappa shape index (κ2) is 74.4. The van der Waals surface area contributed by atoms with Crippen LogP contribution in [0.15, 0.2) is 0 Å². The summed E-state index contributed by atoms with van der Waals surface area (Å²) in [6.07, 6.45) is 0. The van der Waals surface area contributed by atoms with Gasteiger partial charge in [-0.1, -0.05) is 0 Å². The van der Waals surface area contributed by atoms with Gasteiger partial charge in [-0.25, -0.2) is 0 Å². The molecule has 0 aliphatic rings. The van der Waals surface area contributed by atoms with E-state index in [1.807, 2.05) is 0 Å².